The van der Waals surface area contributed by atoms with Gasteiger partial charge in [-0.1, -0.05) is 24.3 Å². The van der Waals surface area contributed by atoms with Gasteiger partial charge in [-0.15, -0.1) is 0 Å². The molecule has 0 fully saturated rings. The molecule has 0 saturated heterocycles. The highest BCUT2D eigenvalue weighted by atomic mass is 16.5. The lowest BCUT2D eigenvalue weighted by Crippen LogP contribution is -2.44. The maximum atomic E-state index is 13.5. The van der Waals surface area contributed by atoms with Crippen LogP contribution in [0.1, 0.15) is 28.3 Å². The molecule has 1 aliphatic heterocycles. The number of aliphatic carboxylic acids is 1. The van der Waals surface area contributed by atoms with Crippen molar-refractivity contribution in [1.82, 2.24) is 10.2 Å². The van der Waals surface area contributed by atoms with Crippen LogP contribution in [0.25, 0.3) is 0 Å². The number of rotatable bonds is 12. The molecule has 0 aromatic heterocycles. The number of carbonyl (C=O) groups excluding carboxylic acids is 2. The Labute approximate surface area is 242 Å². The number of methoxy groups -OCH3 is 2. The standard InChI is InChI=1S/C30H33N5O7/c1-40-24-13-18-9-10-35(16-21(18)14-25(24)41-2)26(36)15-33-30(39)28(34-22-7-3-6-20(11-22)29(31)32)19-5-4-8-23(12-19)42-17-27(37)38/h3-8,11-14,28,34H,9-10,15-17H2,1-2H3,(H3,31,32)(H,33,39)(H,37,38). The summed E-state index contributed by atoms with van der Waals surface area (Å²) < 4.78 is 16.1. The zero-order chi connectivity index (χ0) is 30.2. The predicted molar refractivity (Wildman–Crippen MR) is 155 cm³/mol. The van der Waals surface area contributed by atoms with Crippen molar-refractivity contribution < 1.29 is 33.7 Å². The van der Waals surface area contributed by atoms with Crippen LogP contribution in [0.2, 0.25) is 0 Å². The highest BCUT2D eigenvalue weighted by Gasteiger charge is 2.26. The number of nitrogens with two attached hydrogens (primary N) is 1. The van der Waals surface area contributed by atoms with Gasteiger partial charge < -0.3 is 40.6 Å². The van der Waals surface area contributed by atoms with Crippen LogP contribution in [0.5, 0.6) is 17.2 Å². The lowest BCUT2D eigenvalue weighted by Gasteiger charge is -2.30. The van der Waals surface area contributed by atoms with Crippen LogP contribution in [0, 0.1) is 5.41 Å². The third-order valence-electron chi connectivity index (χ3n) is 6.79. The van der Waals surface area contributed by atoms with E-state index in [1.807, 2.05) is 12.1 Å². The summed E-state index contributed by atoms with van der Waals surface area (Å²) in [5.74, 6) is -0.527. The van der Waals surface area contributed by atoms with Gasteiger partial charge in [-0.05, 0) is 59.5 Å². The molecular weight excluding hydrogens is 542 g/mol. The SMILES string of the molecule is COc1cc2c(cc1OC)CN(C(=O)CNC(=O)C(Nc1cccc(C(=N)N)c1)c1cccc(OCC(=O)O)c1)CC2. The van der Waals surface area contributed by atoms with Crippen molar-refractivity contribution in [3.8, 4) is 17.2 Å². The fourth-order valence-electron chi connectivity index (χ4n) is 4.65. The van der Waals surface area contributed by atoms with Crippen LogP contribution in [-0.4, -0.2) is 67.5 Å². The summed E-state index contributed by atoms with van der Waals surface area (Å²) in [6.07, 6.45) is 0.634. The van der Waals surface area contributed by atoms with Crippen molar-refractivity contribution in [3.05, 3.63) is 82.9 Å². The molecule has 12 nitrogen and oxygen atoms in total. The summed E-state index contributed by atoms with van der Waals surface area (Å²) in [5, 5.41) is 22.6. The Balaban J connectivity index is 1.50. The normalized spacial score (nSPS) is 12.9. The highest BCUT2D eigenvalue weighted by Crippen LogP contribution is 2.33. The Morgan fingerprint density at radius 3 is 2.43 bits per heavy atom. The summed E-state index contributed by atoms with van der Waals surface area (Å²) in [5.41, 5.74) is 9.11. The first-order valence-electron chi connectivity index (χ1n) is 13.1. The molecule has 12 heteroatoms. The van der Waals surface area contributed by atoms with Gasteiger partial charge in [-0.25, -0.2) is 4.79 Å². The van der Waals surface area contributed by atoms with E-state index in [0.717, 1.165) is 11.1 Å². The fourth-order valence-corrected chi connectivity index (χ4v) is 4.65. The van der Waals surface area contributed by atoms with Crippen LogP contribution < -0.4 is 30.6 Å². The number of anilines is 1. The molecule has 1 atom stereocenters. The Morgan fingerprint density at radius 2 is 1.74 bits per heavy atom. The number of hydrogen-bond donors (Lipinski definition) is 5. The fraction of sp³-hybridized carbons (Fsp3) is 0.267. The van der Waals surface area contributed by atoms with Crippen molar-refractivity contribution in [2.75, 3.05) is 39.2 Å². The van der Waals surface area contributed by atoms with Crippen LogP contribution >= 0.6 is 0 Å². The number of nitrogen functional groups attached to an aromatic ring is 1. The second-order valence-electron chi connectivity index (χ2n) is 9.59. The van der Waals surface area contributed by atoms with E-state index < -0.39 is 24.5 Å². The first-order chi connectivity index (χ1) is 20.2. The number of amides is 2. The van der Waals surface area contributed by atoms with Crippen molar-refractivity contribution in [2.45, 2.75) is 19.0 Å². The third-order valence-corrected chi connectivity index (χ3v) is 6.79. The van der Waals surface area contributed by atoms with Crippen LogP contribution in [-0.2, 0) is 27.3 Å². The number of nitrogens with zero attached hydrogens (tertiary/aromatic N) is 1. The number of ether oxygens (including phenoxy) is 3. The first-order valence-corrected chi connectivity index (χ1v) is 13.1. The zero-order valence-electron chi connectivity index (χ0n) is 23.3. The number of carboxylic acids is 1. The van der Waals surface area contributed by atoms with Gasteiger partial charge in [0.2, 0.25) is 11.8 Å². The summed E-state index contributed by atoms with van der Waals surface area (Å²) >= 11 is 0. The topological polar surface area (TPSA) is 176 Å². The molecule has 0 spiro atoms. The molecule has 4 rings (SSSR count). The van der Waals surface area contributed by atoms with Crippen LogP contribution in [0.4, 0.5) is 5.69 Å². The number of carbonyl (C=O) groups is 3. The molecule has 0 radical (unpaired) electrons. The quantitative estimate of drug-likeness (QED) is 0.160. The van der Waals surface area contributed by atoms with Gasteiger partial charge in [0.15, 0.2) is 18.1 Å². The molecule has 1 unspecified atom stereocenters. The number of nitrogens with one attached hydrogen (secondary N) is 3. The number of amidine groups is 1. The van der Waals surface area contributed by atoms with E-state index in [0.29, 0.717) is 47.8 Å². The van der Waals surface area contributed by atoms with Gasteiger partial charge in [0, 0.05) is 24.3 Å². The number of fused-ring (bicyclic) bond motifs is 1. The second-order valence-corrected chi connectivity index (χ2v) is 9.59. The van der Waals surface area contributed by atoms with E-state index in [-0.39, 0.29) is 24.0 Å². The number of carboxylic acid groups (broad SMARTS) is 1. The maximum absolute atomic E-state index is 13.5. The summed E-state index contributed by atoms with van der Waals surface area (Å²) in [6.45, 7) is 0.0788. The Morgan fingerprint density at radius 1 is 1.02 bits per heavy atom. The van der Waals surface area contributed by atoms with E-state index in [1.165, 1.54) is 0 Å². The summed E-state index contributed by atoms with van der Waals surface area (Å²) in [6, 6.07) is 16.0. The van der Waals surface area contributed by atoms with Gasteiger partial charge in [0.05, 0.1) is 20.8 Å². The molecule has 0 bridgehead atoms. The van der Waals surface area contributed by atoms with Gasteiger partial charge in [-0.2, -0.15) is 0 Å². The van der Waals surface area contributed by atoms with E-state index in [4.69, 9.17) is 30.5 Å². The molecular formula is C30H33N5O7. The molecule has 6 N–H and O–H groups in total. The smallest absolute Gasteiger partial charge is 0.341 e. The molecule has 1 aliphatic rings. The lowest BCUT2D eigenvalue weighted by atomic mass is 9.98. The third kappa shape index (κ3) is 7.27. The largest absolute Gasteiger partial charge is 0.493 e. The monoisotopic (exact) mass is 575 g/mol. The highest BCUT2D eigenvalue weighted by molar-refractivity contribution is 5.96. The molecule has 3 aromatic carbocycles. The van der Waals surface area contributed by atoms with Crippen molar-refractivity contribution in [3.63, 3.8) is 0 Å². The van der Waals surface area contributed by atoms with Gasteiger partial charge >= 0.3 is 5.97 Å². The minimum absolute atomic E-state index is 0.131. The van der Waals surface area contributed by atoms with Gasteiger partial charge in [-0.3, -0.25) is 15.0 Å². The zero-order valence-corrected chi connectivity index (χ0v) is 23.3. The first kappa shape index (κ1) is 29.7. The lowest BCUT2D eigenvalue weighted by molar-refractivity contribution is -0.139. The van der Waals surface area contributed by atoms with Crippen molar-refractivity contribution in [1.29, 1.82) is 5.41 Å². The number of hydrogen-bond acceptors (Lipinski definition) is 8. The second kappa shape index (κ2) is 13.4. The molecule has 220 valence electrons. The van der Waals surface area contributed by atoms with E-state index in [2.05, 4.69) is 10.6 Å². The van der Waals surface area contributed by atoms with Gasteiger partial charge in [0.1, 0.15) is 17.6 Å². The summed E-state index contributed by atoms with van der Waals surface area (Å²) in [7, 11) is 3.13. The Kier molecular flexibility index (Phi) is 9.48. The van der Waals surface area contributed by atoms with Crippen LogP contribution in [0.3, 0.4) is 0 Å². The van der Waals surface area contributed by atoms with E-state index in [9.17, 15) is 14.4 Å². The average molecular weight is 576 g/mol. The molecule has 0 aliphatic carbocycles. The molecule has 3 aromatic rings. The average Bonchev–Trinajstić information content (AvgIpc) is 3.00. The minimum Gasteiger partial charge on any atom is -0.493 e. The molecule has 1 heterocycles. The van der Waals surface area contributed by atoms with Crippen molar-refractivity contribution >= 4 is 29.3 Å². The maximum Gasteiger partial charge on any atom is 0.341 e. The van der Waals surface area contributed by atoms with E-state index >= 15 is 0 Å². The number of benzene rings is 3. The van der Waals surface area contributed by atoms with Crippen molar-refractivity contribution in [2.24, 2.45) is 5.73 Å². The Hall–Kier alpha value is -5.26. The molecule has 42 heavy (non-hydrogen) atoms. The van der Waals surface area contributed by atoms with E-state index in [1.54, 1.807) is 67.7 Å². The minimum atomic E-state index is -1.13. The van der Waals surface area contributed by atoms with Crippen LogP contribution in [0.15, 0.2) is 60.7 Å². The molecule has 2 amide bonds. The Bertz CT molecular complexity index is 1490. The molecule has 0 saturated carbocycles. The predicted octanol–water partition coefficient (Wildman–Crippen LogP) is 2.31. The van der Waals surface area contributed by atoms with Gasteiger partial charge in [0.25, 0.3) is 0 Å². The summed E-state index contributed by atoms with van der Waals surface area (Å²) in [4.78, 5) is 39.3.